The number of ether oxygens (including phenoxy) is 2. The van der Waals surface area contributed by atoms with Gasteiger partial charge in [0.15, 0.2) is 11.5 Å². The molecule has 3 heteroatoms. The van der Waals surface area contributed by atoms with Gasteiger partial charge in [-0.25, -0.2) is 0 Å². The van der Waals surface area contributed by atoms with Crippen molar-refractivity contribution < 1.29 is 9.47 Å². The van der Waals surface area contributed by atoms with E-state index in [1.54, 1.807) is 14.2 Å². The summed E-state index contributed by atoms with van der Waals surface area (Å²) in [4.78, 5) is 2.42. The molecule has 2 aromatic rings. The number of hydrogen-bond donors (Lipinski definition) is 0. The van der Waals surface area contributed by atoms with E-state index in [0.717, 1.165) is 50.3 Å². The van der Waals surface area contributed by atoms with Crippen molar-refractivity contribution in [3.8, 4) is 11.5 Å². The Morgan fingerprint density at radius 1 is 0.792 bits per heavy atom. The molecule has 0 bridgehead atoms. The molecule has 0 saturated carbocycles. The standard InChI is InChI=1S/C21H27NO2/c1-22-12-6-9-17-13-20(23-2)21(24-3)14-18(17)11-10-16-7-4-5-8-19(16)15-22/h4-5,7-8,13-14H,6,9-12,15H2,1-3H3. The summed E-state index contributed by atoms with van der Waals surface area (Å²) in [7, 11) is 5.63. The predicted molar refractivity (Wildman–Crippen MR) is 98.1 cm³/mol. The van der Waals surface area contributed by atoms with Crippen molar-refractivity contribution >= 4 is 0 Å². The van der Waals surface area contributed by atoms with Gasteiger partial charge in [-0.05, 0) is 73.7 Å². The Bertz CT molecular complexity index is 696. The molecule has 0 radical (unpaired) electrons. The molecule has 0 aliphatic carbocycles. The van der Waals surface area contributed by atoms with Crippen LogP contribution in [0.25, 0.3) is 0 Å². The number of rotatable bonds is 2. The average Bonchev–Trinajstić information content (AvgIpc) is 2.63. The summed E-state index contributed by atoms with van der Waals surface area (Å²) in [6.45, 7) is 2.13. The lowest BCUT2D eigenvalue weighted by Gasteiger charge is -2.18. The Kier molecular flexibility index (Phi) is 5.41. The van der Waals surface area contributed by atoms with Crippen LogP contribution >= 0.6 is 0 Å². The Hall–Kier alpha value is -2.00. The van der Waals surface area contributed by atoms with Crippen LogP contribution in [0.15, 0.2) is 36.4 Å². The lowest BCUT2D eigenvalue weighted by atomic mass is 9.95. The Labute approximate surface area is 145 Å². The first-order valence-electron chi connectivity index (χ1n) is 8.70. The molecule has 0 spiro atoms. The molecule has 3 nitrogen and oxygen atoms in total. The zero-order valence-corrected chi connectivity index (χ0v) is 15.0. The van der Waals surface area contributed by atoms with Crippen molar-refractivity contribution in [1.29, 1.82) is 0 Å². The first kappa shape index (κ1) is 16.8. The third-order valence-corrected chi connectivity index (χ3v) is 4.91. The van der Waals surface area contributed by atoms with Gasteiger partial charge >= 0.3 is 0 Å². The number of aryl methyl sites for hydroxylation is 3. The highest BCUT2D eigenvalue weighted by molar-refractivity contribution is 5.48. The average molecular weight is 325 g/mol. The van der Waals surface area contributed by atoms with Gasteiger partial charge in [-0.15, -0.1) is 0 Å². The van der Waals surface area contributed by atoms with E-state index in [1.807, 2.05) is 0 Å². The summed E-state index contributed by atoms with van der Waals surface area (Å²) >= 11 is 0. The quantitative estimate of drug-likeness (QED) is 0.837. The van der Waals surface area contributed by atoms with Crippen LogP contribution in [0.4, 0.5) is 0 Å². The Morgan fingerprint density at radius 2 is 1.38 bits per heavy atom. The lowest BCUT2D eigenvalue weighted by molar-refractivity contribution is 0.321. The fourth-order valence-electron chi connectivity index (χ4n) is 3.56. The first-order chi connectivity index (χ1) is 11.7. The molecule has 0 saturated heterocycles. The summed E-state index contributed by atoms with van der Waals surface area (Å²) in [5.41, 5.74) is 5.67. The highest BCUT2D eigenvalue weighted by Gasteiger charge is 2.14. The van der Waals surface area contributed by atoms with Gasteiger partial charge in [-0.3, -0.25) is 0 Å². The number of benzene rings is 2. The second-order valence-corrected chi connectivity index (χ2v) is 6.59. The van der Waals surface area contributed by atoms with Crippen LogP contribution in [0.2, 0.25) is 0 Å². The van der Waals surface area contributed by atoms with E-state index in [2.05, 4.69) is 48.3 Å². The zero-order chi connectivity index (χ0) is 16.9. The van der Waals surface area contributed by atoms with Crippen LogP contribution < -0.4 is 9.47 Å². The molecule has 3 rings (SSSR count). The molecular weight excluding hydrogens is 298 g/mol. The Morgan fingerprint density at radius 3 is 2.04 bits per heavy atom. The summed E-state index contributed by atoms with van der Waals surface area (Å²) < 4.78 is 11.0. The van der Waals surface area contributed by atoms with Gasteiger partial charge in [0.25, 0.3) is 0 Å². The summed E-state index contributed by atoms with van der Waals surface area (Å²) in [5.74, 6) is 1.66. The van der Waals surface area contributed by atoms with Gasteiger partial charge in [-0.1, -0.05) is 24.3 Å². The molecule has 24 heavy (non-hydrogen) atoms. The van der Waals surface area contributed by atoms with Crippen molar-refractivity contribution in [3.05, 3.63) is 58.7 Å². The molecule has 1 aliphatic heterocycles. The van der Waals surface area contributed by atoms with Crippen LogP contribution in [0.5, 0.6) is 11.5 Å². The molecule has 0 aromatic heterocycles. The van der Waals surface area contributed by atoms with Crippen molar-refractivity contribution in [2.75, 3.05) is 27.8 Å². The van der Waals surface area contributed by atoms with Crippen molar-refractivity contribution in [1.82, 2.24) is 4.90 Å². The minimum absolute atomic E-state index is 0.830. The second-order valence-electron chi connectivity index (χ2n) is 6.59. The Balaban J connectivity index is 1.97. The van der Waals surface area contributed by atoms with Crippen LogP contribution in [0.1, 0.15) is 28.7 Å². The minimum atomic E-state index is 0.830. The van der Waals surface area contributed by atoms with Crippen LogP contribution in [-0.4, -0.2) is 32.7 Å². The lowest BCUT2D eigenvalue weighted by Crippen LogP contribution is -2.20. The van der Waals surface area contributed by atoms with Crippen molar-refractivity contribution in [3.63, 3.8) is 0 Å². The topological polar surface area (TPSA) is 21.7 Å². The maximum Gasteiger partial charge on any atom is 0.161 e. The smallest absolute Gasteiger partial charge is 0.161 e. The molecule has 2 aromatic carbocycles. The van der Waals surface area contributed by atoms with Crippen LogP contribution in [0, 0.1) is 0 Å². The first-order valence-corrected chi connectivity index (χ1v) is 8.70. The van der Waals surface area contributed by atoms with E-state index in [9.17, 15) is 0 Å². The normalized spacial score (nSPS) is 15.8. The summed E-state index contributed by atoms with van der Waals surface area (Å²) in [6, 6.07) is 13.2. The number of nitrogens with zero attached hydrogens (tertiary/aromatic N) is 1. The van der Waals surface area contributed by atoms with Crippen molar-refractivity contribution in [2.45, 2.75) is 32.2 Å². The maximum absolute atomic E-state index is 5.51. The third-order valence-electron chi connectivity index (χ3n) is 4.91. The molecule has 128 valence electrons. The molecule has 0 unspecified atom stereocenters. The van der Waals surface area contributed by atoms with Crippen LogP contribution in [0.3, 0.4) is 0 Å². The molecule has 0 fully saturated rings. The van der Waals surface area contributed by atoms with Crippen molar-refractivity contribution in [2.24, 2.45) is 0 Å². The second kappa shape index (κ2) is 7.71. The molecule has 0 amide bonds. The van der Waals surface area contributed by atoms with Gasteiger partial charge < -0.3 is 14.4 Å². The van der Waals surface area contributed by atoms with E-state index in [0.29, 0.717) is 0 Å². The summed E-state index contributed by atoms with van der Waals surface area (Å²) in [6.07, 6.45) is 4.33. The zero-order valence-electron chi connectivity index (χ0n) is 15.0. The molecular formula is C21H27NO2. The van der Waals surface area contributed by atoms with Gasteiger partial charge in [0.05, 0.1) is 14.2 Å². The third kappa shape index (κ3) is 3.73. The SMILES string of the molecule is COc1cc2c(cc1OC)CCc1ccccc1CN(C)CCC2. The van der Waals surface area contributed by atoms with E-state index < -0.39 is 0 Å². The summed E-state index contributed by atoms with van der Waals surface area (Å²) in [5, 5.41) is 0. The molecule has 0 atom stereocenters. The highest BCUT2D eigenvalue weighted by Crippen LogP contribution is 2.32. The highest BCUT2D eigenvalue weighted by atomic mass is 16.5. The number of fused-ring (bicyclic) bond motifs is 2. The van der Waals surface area contributed by atoms with Crippen LogP contribution in [-0.2, 0) is 25.8 Å². The fourth-order valence-corrected chi connectivity index (χ4v) is 3.56. The van der Waals surface area contributed by atoms with E-state index in [4.69, 9.17) is 9.47 Å². The molecule has 1 heterocycles. The van der Waals surface area contributed by atoms with Gasteiger partial charge in [0.1, 0.15) is 0 Å². The monoisotopic (exact) mass is 325 g/mol. The largest absolute Gasteiger partial charge is 0.493 e. The predicted octanol–water partition coefficient (Wildman–Crippen LogP) is 3.87. The van der Waals surface area contributed by atoms with Gasteiger partial charge in [0.2, 0.25) is 0 Å². The van der Waals surface area contributed by atoms with Gasteiger partial charge in [0, 0.05) is 6.54 Å². The maximum atomic E-state index is 5.51. The molecule has 1 aliphatic rings. The fraction of sp³-hybridized carbons (Fsp3) is 0.429. The molecule has 0 N–H and O–H groups in total. The number of methoxy groups -OCH3 is 2. The minimum Gasteiger partial charge on any atom is -0.493 e. The van der Waals surface area contributed by atoms with Gasteiger partial charge in [-0.2, -0.15) is 0 Å². The van der Waals surface area contributed by atoms with E-state index >= 15 is 0 Å². The number of hydrogen-bond acceptors (Lipinski definition) is 3. The van der Waals surface area contributed by atoms with E-state index in [1.165, 1.54) is 22.3 Å². The van der Waals surface area contributed by atoms with E-state index in [-0.39, 0.29) is 0 Å².